The van der Waals surface area contributed by atoms with Crippen LogP contribution in [0.1, 0.15) is 52.3 Å². The van der Waals surface area contributed by atoms with Crippen LogP contribution < -0.4 is 4.90 Å². The van der Waals surface area contributed by atoms with E-state index in [0.717, 1.165) is 43.9 Å². The summed E-state index contributed by atoms with van der Waals surface area (Å²) in [7, 11) is 1.37. The average molecular weight is 398 g/mol. The number of hydrogen-bond donors (Lipinski definition) is 1. The largest absolute Gasteiger partial charge is 0.465 e. The average Bonchev–Trinajstić information content (AvgIpc) is 3.44. The molecule has 2 aliphatic heterocycles. The molecular formula is C21H26N4O4. The highest BCUT2D eigenvalue weighted by Gasteiger charge is 2.32. The smallest absolute Gasteiger partial charge is 0.337 e. The lowest BCUT2D eigenvalue weighted by molar-refractivity contribution is 0.0599. The third kappa shape index (κ3) is 3.85. The maximum atomic E-state index is 13.2. The van der Waals surface area contributed by atoms with Crippen molar-refractivity contribution in [3.05, 3.63) is 47.3 Å². The van der Waals surface area contributed by atoms with E-state index in [9.17, 15) is 9.59 Å². The first-order valence-corrected chi connectivity index (χ1v) is 9.97. The van der Waals surface area contributed by atoms with E-state index in [2.05, 4.69) is 22.0 Å². The third-order valence-corrected chi connectivity index (χ3v) is 5.69. The molecule has 0 spiro atoms. The zero-order valence-electron chi connectivity index (χ0n) is 16.8. The molecule has 2 saturated heterocycles. The number of aromatic nitrogens is 2. The predicted octanol–water partition coefficient (Wildman–Crippen LogP) is 2.40. The maximum absolute atomic E-state index is 13.2. The first kappa shape index (κ1) is 19.4. The number of carbonyl (C=O) groups is 2. The molecule has 2 aromatic rings. The summed E-state index contributed by atoms with van der Waals surface area (Å²) in [6, 6.07) is 7.42. The molecule has 154 valence electrons. The first-order chi connectivity index (χ1) is 14.1. The lowest BCUT2D eigenvalue weighted by Gasteiger charge is -2.41. The number of aromatic amines is 1. The molecule has 0 bridgehead atoms. The van der Waals surface area contributed by atoms with E-state index in [1.807, 2.05) is 17.0 Å². The number of amides is 1. The van der Waals surface area contributed by atoms with Gasteiger partial charge in [0.15, 0.2) is 0 Å². The minimum atomic E-state index is -0.345. The molecular weight excluding hydrogens is 372 g/mol. The molecule has 1 aromatic carbocycles. The second-order valence-corrected chi connectivity index (χ2v) is 7.53. The molecule has 0 radical (unpaired) electrons. The van der Waals surface area contributed by atoms with Gasteiger partial charge in [-0.25, -0.2) is 4.79 Å². The first-order valence-electron chi connectivity index (χ1n) is 9.97. The van der Waals surface area contributed by atoms with Gasteiger partial charge in [-0.05, 0) is 44.0 Å². The number of H-pyrrole nitrogens is 1. The number of nitrogens with one attached hydrogen (secondary N) is 1. The Morgan fingerprint density at radius 3 is 2.69 bits per heavy atom. The van der Waals surface area contributed by atoms with Crippen molar-refractivity contribution in [1.82, 2.24) is 15.1 Å². The fourth-order valence-electron chi connectivity index (χ4n) is 4.09. The molecule has 2 aliphatic rings. The van der Waals surface area contributed by atoms with E-state index >= 15 is 0 Å². The molecule has 8 heteroatoms. The van der Waals surface area contributed by atoms with Crippen molar-refractivity contribution in [1.29, 1.82) is 0 Å². The third-order valence-electron chi connectivity index (χ3n) is 5.69. The van der Waals surface area contributed by atoms with Crippen molar-refractivity contribution in [2.75, 3.05) is 38.3 Å². The highest BCUT2D eigenvalue weighted by molar-refractivity contribution is 5.95. The molecule has 0 aliphatic carbocycles. The molecule has 2 unspecified atom stereocenters. The molecule has 1 amide bonds. The SMILES string of the molecule is COC(=O)c1ccc(N2CCN(C(=O)c3cn[nH]c3C3CCCO3)C(C)C2)cc1. The Labute approximate surface area is 169 Å². The van der Waals surface area contributed by atoms with E-state index in [4.69, 9.17) is 9.47 Å². The summed E-state index contributed by atoms with van der Waals surface area (Å²) >= 11 is 0. The number of anilines is 1. The van der Waals surface area contributed by atoms with Crippen molar-refractivity contribution in [3.8, 4) is 0 Å². The summed E-state index contributed by atoms with van der Waals surface area (Å²) in [5, 5.41) is 7.06. The second-order valence-electron chi connectivity index (χ2n) is 7.53. The van der Waals surface area contributed by atoms with E-state index in [1.54, 1.807) is 18.3 Å². The number of piperazine rings is 1. The van der Waals surface area contributed by atoms with Crippen LogP contribution in [0.15, 0.2) is 30.5 Å². The van der Waals surface area contributed by atoms with Crippen molar-refractivity contribution >= 4 is 17.6 Å². The predicted molar refractivity (Wildman–Crippen MR) is 107 cm³/mol. The van der Waals surface area contributed by atoms with Gasteiger partial charge in [-0.2, -0.15) is 5.10 Å². The molecule has 1 N–H and O–H groups in total. The Bertz CT molecular complexity index is 873. The van der Waals surface area contributed by atoms with Crippen LogP contribution in [-0.4, -0.2) is 66.4 Å². The zero-order chi connectivity index (χ0) is 20.4. The van der Waals surface area contributed by atoms with Crippen LogP contribution in [-0.2, 0) is 9.47 Å². The topological polar surface area (TPSA) is 87.8 Å². The summed E-state index contributed by atoms with van der Waals surface area (Å²) in [5.41, 5.74) is 2.96. The number of benzene rings is 1. The fourth-order valence-corrected chi connectivity index (χ4v) is 4.09. The number of rotatable bonds is 4. The van der Waals surface area contributed by atoms with Gasteiger partial charge in [0.25, 0.3) is 5.91 Å². The number of nitrogens with zero attached hydrogens (tertiary/aromatic N) is 3. The molecule has 2 atom stereocenters. The van der Waals surface area contributed by atoms with Crippen LogP contribution in [0.5, 0.6) is 0 Å². The molecule has 4 rings (SSSR count). The van der Waals surface area contributed by atoms with E-state index < -0.39 is 0 Å². The second kappa shape index (κ2) is 8.24. The maximum Gasteiger partial charge on any atom is 0.337 e. The summed E-state index contributed by atoms with van der Waals surface area (Å²) in [6.07, 6.45) is 3.46. The van der Waals surface area contributed by atoms with Crippen LogP contribution >= 0.6 is 0 Å². The number of ether oxygens (including phenoxy) is 2. The van der Waals surface area contributed by atoms with E-state index in [1.165, 1.54) is 7.11 Å². The van der Waals surface area contributed by atoms with E-state index in [-0.39, 0.29) is 24.0 Å². The number of hydrogen-bond acceptors (Lipinski definition) is 6. The van der Waals surface area contributed by atoms with Crippen LogP contribution in [0.2, 0.25) is 0 Å². The monoisotopic (exact) mass is 398 g/mol. The summed E-state index contributed by atoms with van der Waals surface area (Å²) in [4.78, 5) is 28.9. The van der Waals surface area contributed by atoms with Crippen molar-refractivity contribution in [2.24, 2.45) is 0 Å². The molecule has 3 heterocycles. The van der Waals surface area contributed by atoms with Gasteiger partial charge in [0.1, 0.15) is 0 Å². The minimum Gasteiger partial charge on any atom is -0.465 e. The van der Waals surface area contributed by atoms with Gasteiger partial charge in [0.2, 0.25) is 0 Å². The Morgan fingerprint density at radius 2 is 2.03 bits per heavy atom. The normalized spacial score (nSPS) is 22.0. The Hall–Kier alpha value is -2.87. The molecule has 1 aromatic heterocycles. The van der Waals surface area contributed by atoms with Gasteiger partial charge >= 0.3 is 5.97 Å². The van der Waals surface area contributed by atoms with Crippen LogP contribution in [0.25, 0.3) is 0 Å². The molecule has 29 heavy (non-hydrogen) atoms. The highest BCUT2D eigenvalue weighted by atomic mass is 16.5. The summed E-state index contributed by atoms with van der Waals surface area (Å²) in [5.74, 6) is -0.347. The van der Waals surface area contributed by atoms with Gasteiger partial charge in [-0.15, -0.1) is 0 Å². The molecule has 8 nitrogen and oxygen atoms in total. The summed E-state index contributed by atoms with van der Waals surface area (Å²) in [6.45, 7) is 4.84. The van der Waals surface area contributed by atoms with Gasteiger partial charge in [0, 0.05) is 38.0 Å². The van der Waals surface area contributed by atoms with Gasteiger partial charge in [-0.1, -0.05) is 0 Å². The minimum absolute atomic E-state index is 0.00237. The highest BCUT2D eigenvalue weighted by Crippen LogP contribution is 2.30. The van der Waals surface area contributed by atoms with Crippen molar-refractivity contribution in [2.45, 2.75) is 31.9 Å². The van der Waals surface area contributed by atoms with Crippen LogP contribution in [0.3, 0.4) is 0 Å². The van der Waals surface area contributed by atoms with Crippen LogP contribution in [0, 0.1) is 0 Å². The van der Waals surface area contributed by atoms with Gasteiger partial charge in [-0.3, -0.25) is 9.89 Å². The van der Waals surface area contributed by atoms with Crippen molar-refractivity contribution in [3.63, 3.8) is 0 Å². The van der Waals surface area contributed by atoms with E-state index in [0.29, 0.717) is 17.7 Å². The molecule has 0 saturated carbocycles. The fraction of sp³-hybridized carbons (Fsp3) is 0.476. The standard InChI is InChI=1S/C21H26N4O4/c1-14-13-24(16-7-5-15(6-8-16)21(27)28-2)9-10-25(14)20(26)17-12-22-23-19(17)18-4-3-11-29-18/h5-8,12,14,18H,3-4,9-11,13H2,1-2H3,(H,22,23). The summed E-state index contributed by atoms with van der Waals surface area (Å²) < 4.78 is 10.5. The quantitative estimate of drug-likeness (QED) is 0.796. The lowest BCUT2D eigenvalue weighted by Crippen LogP contribution is -2.54. The van der Waals surface area contributed by atoms with Gasteiger partial charge in [0.05, 0.1) is 36.2 Å². The Kier molecular flexibility index (Phi) is 5.53. The van der Waals surface area contributed by atoms with Crippen molar-refractivity contribution < 1.29 is 19.1 Å². The lowest BCUT2D eigenvalue weighted by atomic mass is 10.1. The van der Waals surface area contributed by atoms with Crippen LogP contribution in [0.4, 0.5) is 5.69 Å². The Morgan fingerprint density at radius 1 is 1.24 bits per heavy atom. The number of methoxy groups -OCH3 is 1. The molecule has 2 fully saturated rings. The zero-order valence-corrected chi connectivity index (χ0v) is 16.8. The Balaban J connectivity index is 1.43. The number of esters is 1. The van der Waals surface area contributed by atoms with Gasteiger partial charge < -0.3 is 19.3 Å². The number of carbonyl (C=O) groups excluding carboxylic acids is 2.